The molecule has 26 heavy (non-hydrogen) atoms. The fourth-order valence-electron chi connectivity index (χ4n) is 2.04. The molecule has 0 aliphatic heterocycles. The van der Waals surface area contributed by atoms with Crippen LogP contribution in [-0.2, 0) is 18.0 Å². The van der Waals surface area contributed by atoms with Crippen molar-refractivity contribution in [2.24, 2.45) is 0 Å². The molecule has 0 spiro atoms. The van der Waals surface area contributed by atoms with Gasteiger partial charge >= 0.3 is 11.8 Å². The van der Waals surface area contributed by atoms with Gasteiger partial charge in [-0.15, -0.1) is 10.2 Å². The average molecular weight is 355 g/mol. The minimum Gasteiger partial charge on any atom is -0.508 e. The van der Waals surface area contributed by atoms with E-state index in [4.69, 9.17) is 13.9 Å². The number of aromatic hydroxyl groups is 1. The third-order valence-electron chi connectivity index (χ3n) is 3.31. The van der Waals surface area contributed by atoms with Gasteiger partial charge in [0.05, 0.1) is 6.61 Å². The molecule has 1 heterocycles. The van der Waals surface area contributed by atoms with Crippen LogP contribution in [0.15, 0.2) is 59.0 Å². The highest BCUT2D eigenvalue weighted by molar-refractivity contribution is 5.89. The van der Waals surface area contributed by atoms with Crippen molar-refractivity contribution in [2.75, 3.05) is 6.73 Å². The maximum absolute atomic E-state index is 11.9. The molecule has 134 valence electrons. The number of rotatable bonds is 8. The lowest BCUT2D eigenvalue weighted by Crippen LogP contribution is -2.28. The zero-order valence-corrected chi connectivity index (χ0v) is 13.8. The third-order valence-corrected chi connectivity index (χ3v) is 3.31. The molecule has 1 amide bonds. The number of benzene rings is 2. The summed E-state index contributed by atoms with van der Waals surface area (Å²) in [5.74, 6) is 0.131. The summed E-state index contributed by atoms with van der Waals surface area (Å²) in [7, 11) is 0. The quantitative estimate of drug-likeness (QED) is 0.597. The number of hydrogen-bond acceptors (Lipinski definition) is 7. The van der Waals surface area contributed by atoms with Crippen LogP contribution >= 0.6 is 0 Å². The van der Waals surface area contributed by atoms with E-state index in [1.807, 2.05) is 30.3 Å². The summed E-state index contributed by atoms with van der Waals surface area (Å²) >= 11 is 0. The number of ether oxygens (including phenoxy) is 2. The van der Waals surface area contributed by atoms with Gasteiger partial charge in [-0.2, -0.15) is 0 Å². The molecule has 0 saturated carbocycles. The first-order valence-electron chi connectivity index (χ1n) is 7.85. The first-order chi connectivity index (χ1) is 12.7. The SMILES string of the molecule is O=C(NCOc1ccc(O)cc1)c1nnc(COCc2ccccc2)o1. The fourth-order valence-corrected chi connectivity index (χ4v) is 2.04. The zero-order valence-electron chi connectivity index (χ0n) is 13.8. The molecule has 3 aromatic rings. The lowest BCUT2D eigenvalue weighted by molar-refractivity contribution is 0.0819. The predicted molar refractivity (Wildman–Crippen MR) is 90.3 cm³/mol. The van der Waals surface area contributed by atoms with Crippen LogP contribution in [0.25, 0.3) is 0 Å². The molecule has 2 N–H and O–H groups in total. The maximum atomic E-state index is 11.9. The topological polar surface area (TPSA) is 107 Å². The molecule has 0 atom stereocenters. The van der Waals surface area contributed by atoms with Gasteiger partial charge in [0.2, 0.25) is 5.89 Å². The van der Waals surface area contributed by atoms with Gasteiger partial charge in [0.25, 0.3) is 0 Å². The minimum absolute atomic E-state index is 0.0776. The number of amides is 1. The molecule has 8 nitrogen and oxygen atoms in total. The van der Waals surface area contributed by atoms with Gasteiger partial charge in [0.15, 0.2) is 6.73 Å². The van der Waals surface area contributed by atoms with Crippen LogP contribution in [0.1, 0.15) is 22.1 Å². The Morgan fingerprint density at radius 3 is 2.58 bits per heavy atom. The molecule has 1 aromatic heterocycles. The zero-order chi connectivity index (χ0) is 18.2. The van der Waals surface area contributed by atoms with Gasteiger partial charge in [-0.25, -0.2) is 0 Å². The van der Waals surface area contributed by atoms with E-state index in [0.29, 0.717) is 12.4 Å². The molecule has 0 aliphatic rings. The number of carbonyl (C=O) groups is 1. The van der Waals surface area contributed by atoms with Gasteiger partial charge in [0.1, 0.15) is 18.1 Å². The van der Waals surface area contributed by atoms with Crippen molar-refractivity contribution in [1.82, 2.24) is 15.5 Å². The molecule has 0 fully saturated rings. The second-order valence-electron chi connectivity index (χ2n) is 5.27. The molecule has 8 heteroatoms. The van der Waals surface area contributed by atoms with Crippen molar-refractivity contribution >= 4 is 5.91 Å². The van der Waals surface area contributed by atoms with Crippen LogP contribution in [0, 0.1) is 0 Å². The normalized spacial score (nSPS) is 10.5. The summed E-state index contributed by atoms with van der Waals surface area (Å²) in [4.78, 5) is 11.9. The Hall–Kier alpha value is -3.39. The van der Waals surface area contributed by atoms with Crippen LogP contribution in [0.5, 0.6) is 11.5 Å². The Balaban J connectivity index is 1.41. The highest BCUT2D eigenvalue weighted by Gasteiger charge is 2.14. The van der Waals surface area contributed by atoms with Gasteiger partial charge in [-0.3, -0.25) is 4.79 Å². The summed E-state index contributed by atoms with van der Waals surface area (Å²) in [5.41, 5.74) is 1.02. The molecular formula is C18H17N3O5. The molecule has 2 aromatic carbocycles. The van der Waals surface area contributed by atoms with E-state index in [9.17, 15) is 9.90 Å². The van der Waals surface area contributed by atoms with Crippen molar-refractivity contribution in [1.29, 1.82) is 0 Å². The highest BCUT2D eigenvalue weighted by atomic mass is 16.5. The fraction of sp³-hybridized carbons (Fsp3) is 0.167. The Morgan fingerprint density at radius 2 is 1.81 bits per heavy atom. The number of hydrogen-bond donors (Lipinski definition) is 2. The Morgan fingerprint density at radius 1 is 1.04 bits per heavy atom. The second kappa shape index (κ2) is 8.63. The van der Waals surface area contributed by atoms with E-state index < -0.39 is 5.91 Å². The Kier molecular flexibility index (Phi) is 5.79. The Labute approximate surface area is 149 Å². The van der Waals surface area contributed by atoms with Crippen LogP contribution < -0.4 is 10.1 Å². The monoisotopic (exact) mass is 355 g/mol. The predicted octanol–water partition coefficient (Wildman–Crippen LogP) is 2.26. The van der Waals surface area contributed by atoms with Crippen molar-refractivity contribution in [3.63, 3.8) is 0 Å². The highest BCUT2D eigenvalue weighted by Crippen LogP contribution is 2.15. The van der Waals surface area contributed by atoms with Gasteiger partial charge in [-0.05, 0) is 29.8 Å². The summed E-state index contributed by atoms with van der Waals surface area (Å²) in [5, 5.41) is 19.1. The number of phenols is 1. The lowest BCUT2D eigenvalue weighted by atomic mass is 10.2. The number of phenolic OH excluding ortho intramolecular Hbond substituents is 1. The third kappa shape index (κ3) is 5.05. The molecule has 0 saturated heterocycles. The summed E-state index contributed by atoms with van der Waals surface area (Å²) < 4.78 is 16.0. The van der Waals surface area contributed by atoms with Crippen molar-refractivity contribution in [2.45, 2.75) is 13.2 Å². The van der Waals surface area contributed by atoms with Crippen LogP contribution in [-0.4, -0.2) is 27.9 Å². The van der Waals surface area contributed by atoms with Crippen LogP contribution in [0.3, 0.4) is 0 Å². The average Bonchev–Trinajstić information content (AvgIpc) is 3.13. The van der Waals surface area contributed by atoms with Gasteiger partial charge in [-0.1, -0.05) is 30.3 Å². The largest absolute Gasteiger partial charge is 0.508 e. The molecular weight excluding hydrogens is 338 g/mol. The second-order valence-corrected chi connectivity index (χ2v) is 5.27. The van der Waals surface area contributed by atoms with E-state index in [1.165, 1.54) is 12.1 Å². The summed E-state index contributed by atoms with van der Waals surface area (Å²) in [6, 6.07) is 15.8. The minimum atomic E-state index is -0.550. The van der Waals surface area contributed by atoms with E-state index in [1.54, 1.807) is 12.1 Å². The Bertz CT molecular complexity index is 834. The summed E-state index contributed by atoms with van der Waals surface area (Å²) in [6.07, 6.45) is 0. The first-order valence-corrected chi connectivity index (χ1v) is 7.85. The number of carbonyl (C=O) groups excluding carboxylic acids is 1. The lowest BCUT2D eigenvalue weighted by Gasteiger charge is -2.06. The van der Waals surface area contributed by atoms with Crippen LogP contribution in [0.4, 0.5) is 0 Å². The number of nitrogens with zero attached hydrogens (tertiary/aromatic N) is 2. The van der Waals surface area contributed by atoms with E-state index in [0.717, 1.165) is 5.56 Å². The first kappa shape index (κ1) is 17.4. The molecule has 0 bridgehead atoms. The summed E-state index contributed by atoms with van der Waals surface area (Å²) in [6.45, 7) is 0.441. The van der Waals surface area contributed by atoms with Crippen LogP contribution in [0.2, 0.25) is 0 Å². The molecule has 0 unspecified atom stereocenters. The number of nitrogens with one attached hydrogen (secondary N) is 1. The van der Waals surface area contributed by atoms with Crippen molar-refractivity contribution in [3.05, 3.63) is 71.9 Å². The van der Waals surface area contributed by atoms with E-state index >= 15 is 0 Å². The van der Waals surface area contributed by atoms with Gasteiger partial charge < -0.3 is 24.3 Å². The van der Waals surface area contributed by atoms with E-state index in [2.05, 4.69) is 15.5 Å². The smallest absolute Gasteiger partial charge is 0.311 e. The van der Waals surface area contributed by atoms with Crippen molar-refractivity contribution < 1.29 is 23.8 Å². The number of aromatic nitrogens is 2. The standard InChI is InChI=1S/C18H17N3O5/c22-14-6-8-15(9-7-14)25-12-19-17(23)18-21-20-16(26-18)11-24-10-13-4-2-1-3-5-13/h1-9,22H,10-12H2,(H,19,23). The molecule has 0 aliphatic carbocycles. The maximum Gasteiger partial charge on any atom is 0.311 e. The molecule has 3 rings (SSSR count). The molecule has 0 radical (unpaired) electrons. The van der Waals surface area contributed by atoms with Crippen molar-refractivity contribution in [3.8, 4) is 11.5 Å². The van der Waals surface area contributed by atoms with E-state index in [-0.39, 0.29) is 30.9 Å². The van der Waals surface area contributed by atoms with Gasteiger partial charge in [0, 0.05) is 0 Å².